The number of nitrogens with one attached hydrogen (secondary N) is 2. The van der Waals surface area contributed by atoms with Crippen molar-refractivity contribution in [1.29, 1.82) is 5.26 Å². The van der Waals surface area contributed by atoms with Gasteiger partial charge in [0.25, 0.3) is 0 Å². The molecule has 0 saturated carbocycles. The first-order chi connectivity index (χ1) is 12.9. The zero-order valence-electron chi connectivity index (χ0n) is 15.7. The molecule has 1 aromatic carbocycles. The minimum atomic E-state index is -0.685. The fourth-order valence-electron chi connectivity index (χ4n) is 3.05. The van der Waals surface area contributed by atoms with Crippen molar-refractivity contribution >= 4 is 17.6 Å². The third kappa shape index (κ3) is 5.84. The second-order valence-electron chi connectivity index (χ2n) is 6.93. The molecule has 0 aliphatic carbocycles. The van der Waals surface area contributed by atoms with E-state index in [0.29, 0.717) is 38.3 Å². The van der Waals surface area contributed by atoms with Crippen LogP contribution < -0.4 is 15.5 Å². The van der Waals surface area contributed by atoms with Crippen LogP contribution in [0.1, 0.15) is 20.3 Å². The van der Waals surface area contributed by atoms with Crippen LogP contribution in [0, 0.1) is 23.1 Å². The number of benzene rings is 1. The standard InChI is InChI=1S/C19H26FN5O2/c1-14(2)13-16(18(26)22-8-7-21)23-19(27)25-11-9-24(10-12-25)17-6-4-3-5-15(17)20/h3-6,14,16H,8-13H2,1-2H3,(H,22,26)(H,23,27)/t16-/m0/s1. The lowest BCUT2D eigenvalue weighted by atomic mass is 10.0. The highest BCUT2D eigenvalue weighted by Gasteiger charge is 2.27. The van der Waals surface area contributed by atoms with Crippen LogP contribution in [0.5, 0.6) is 0 Å². The highest BCUT2D eigenvalue weighted by atomic mass is 19.1. The Morgan fingerprint density at radius 2 is 1.89 bits per heavy atom. The van der Waals surface area contributed by atoms with Crippen LogP contribution >= 0.6 is 0 Å². The largest absolute Gasteiger partial charge is 0.366 e. The van der Waals surface area contributed by atoms with E-state index in [-0.39, 0.29) is 30.2 Å². The summed E-state index contributed by atoms with van der Waals surface area (Å²) in [5.41, 5.74) is 0.533. The van der Waals surface area contributed by atoms with Crippen molar-refractivity contribution in [3.63, 3.8) is 0 Å². The molecule has 0 bridgehead atoms. The molecule has 0 spiro atoms. The molecule has 2 N–H and O–H groups in total. The number of nitriles is 1. The third-order valence-electron chi connectivity index (χ3n) is 4.42. The minimum Gasteiger partial charge on any atom is -0.366 e. The van der Waals surface area contributed by atoms with Gasteiger partial charge in [0.15, 0.2) is 0 Å². The molecule has 27 heavy (non-hydrogen) atoms. The molecule has 1 saturated heterocycles. The lowest BCUT2D eigenvalue weighted by Crippen LogP contribution is -2.56. The number of hydrogen-bond donors (Lipinski definition) is 2. The molecule has 1 aliphatic rings. The third-order valence-corrected chi connectivity index (χ3v) is 4.42. The van der Waals surface area contributed by atoms with E-state index in [1.807, 2.05) is 24.8 Å². The summed E-state index contributed by atoms with van der Waals surface area (Å²) in [4.78, 5) is 28.3. The van der Waals surface area contributed by atoms with Gasteiger partial charge in [-0.25, -0.2) is 9.18 Å². The van der Waals surface area contributed by atoms with Crippen molar-refractivity contribution in [1.82, 2.24) is 15.5 Å². The van der Waals surface area contributed by atoms with E-state index in [1.165, 1.54) is 6.07 Å². The summed E-state index contributed by atoms with van der Waals surface area (Å²) in [7, 11) is 0. The van der Waals surface area contributed by atoms with Gasteiger partial charge in [0.2, 0.25) is 5.91 Å². The molecule has 1 fully saturated rings. The highest BCUT2D eigenvalue weighted by molar-refractivity contribution is 5.87. The van der Waals surface area contributed by atoms with Crippen molar-refractivity contribution in [3.05, 3.63) is 30.1 Å². The number of piperazine rings is 1. The summed E-state index contributed by atoms with van der Waals surface area (Å²) in [6, 6.07) is 7.43. The number of para-hydroxylation sites is 1. The Balaban J connectivity index is 1.92. The predicted octanol–water partition coefficient (Wildman–Crippen LogP) is 1.71. The van der Waals surface area contributed by atoms with E-state index in [9.17, 15) is 14.0 Å². The van der Waals surface area contributed by atoms with E-state index in [1.54, 1.807) is 23.1 Å². The lowest BCUT2D eigenvalue weighted by molar-refractivity contribution is -0.123. The number of nitrogens with zero attached hydrogens (tertiary/aromatic N) is 3. The lowest BCUT2D eigenvalue weighted by Gasteiger charge is -2.36. The maximum Gasteiger partial charge on any atom is 0.318 e. The molecule has 0 unspecified atom stereocenters. The Kier molecular flexibility index (Phi) is 7.41. The average Bonchev–Trinajstić information content (AvgIpc) is 2.65. The van der Waals surface area contributed by atoms with Gasteiger partial charge in [0.1, 0.15) is 18.4 Å². The maximum absolute atomic E-state index is 13.9. The molecule has 146 valence electrons. The summed E-state index contributed by atoms with van der Waals surface area (Å²) < 4.78 is 13.9. The summed E-state index contributed by atoms with van der Waals surface area (Å²) in [5, 5.41) is 13.9. The fourth-order valence-corrected chi connectivity index (χ4v) is 3.05. The number of amides is 3. The number of anilines is 1. The van der Waals surface area contributed by atoms with E-state index in [4.69, 9.17) is 5.26 Å². The number of carbonyl (C=O) groups excluding carboxylic acids is 2. The molecule has 3 amide bonds. The Bertz CT molecular complexity index is 696. The van der Waals surface area contributed by atoms with Crippen molar-refractivity contribution in [2.45, 2.75) is 26.3 Å². The molecular weight excluding hydrogens is 349 g/mol. The van der Waals surface area contributed by atoms with Crippen LogP contribution in [-0.4, -0.2) is 55.6 Å². The van der Waals surface area contributed by atoms with Gasteiger partial charge >= 0.3 is 6.03 Å². The molecule has 1 aromatic rings. The minimum absolute atomic E-state index is 0.0926. The Labute approximate surface area is 159 Å². The molecule has 1 aliphatic heterocycles. The molecule has 7 nitrogen and oxygen atoms in total. The van der Waals surface area contributed by atoms with Crippen molar-refractivity contribution in [3.8, 4) is 6.07 Å². The summed E-state index contributed by atoms with van der Waals surface area (Å²) in [6.45, 7) is 5.74. The second-order valence-corrected chi connectivity index (χ2v) is 6.93. The summed E-state index contributed by atoms with van der Waals surface area (Å²) in [5.74, 6) is -0.425. The normalized spacial score (nSPS) is 15.2. The van der Waals surface area contributed by atoms with Crippen LogP contribution in [0.25, 0.3) is 0 Å². The van der Waals surface area contributed by atoms with Crippen LogP contribution in [-0.2, 0) is 4.79 Å². The van der Waals surface area contributed by atoms with Crippen molar-refractivity contribution < 1.29 is 14.0 Å². The van der Waals surface area contributed by atoms with Gasteiger partial charge in [-0.2, -0.15) is 5.26 Å². The zero-order chi connectivity index (χ0) is 19.8. The van der Waals surface area contributed by atoms with E-state index in [2.05, 4.69) is 10.6 Å². The summed E-state index contributed by atoms with van der Waals surface area (Å²) in [6.07, 6.45) is 0.484. The van der Waals surface area contributed by atoms with Crippen LogP contribution in [0.15, 0.2) is 24.3 Å². The van der Waals surface area contributed by atoms with Gasteiger partial charge in [-0.1, -0.05) is 26.0 Å². The van der Waals surface area contributed by atoms with E-state index in [0.717, 1.165) is 0 Å². The smallest absolute Gasteiger partial charge is 0.318 e. The van der Waals surface area contributed by atoms with Crippen LogP contribution in [0.4, 0.5) is 14.9 Å². The van der Waals surface area contributed by atoms with Crippen molar-refractivity contribution in [2.75, 3.05) is 37.6 Å². The molecule has 0 aromatic heterocycles. The van der Waals surface area contributed by atoms with Crippen molar-refractivity contribution in [2.24, 2.45) is 5.92 Å². The second kappa shape index (κ2) is 9.76. The first-order valence-electron chi connectivity index (χ1n) is 9.12. The fraction of sp³-hybridized carbons (Fsp3) is 0.526. The Morgan fingerprint density at radius 3 is 2.48 bits per heavy atom. The first-order valence-corrected chi connectivity index (χ1v) is 9.12. The topological polar surface area (TPSA) is 88.5 Å². The van der Waals surface area contributed by atoms with E-state index < -0.39 is 6.04 Å². The molecular formula is C19H26FN5O2. The molecule has 1 heterocycles. The first kappa shape index (κ1) is 20.5. The van der Waals surface area contributed by atoms with Gasteiger partial charge in [-0.05, 0) is 24.5 Å². The Morgan fingerprint density at radius 1 is 1.22 bits per heavy atom. The van der Waals surface area contributed by atoms with Gasteiger partial charge in [0.05, 0.1) is 11.8 Å². The quantitative estimate of drug-likeness (QED) is 0.741. The predicted molar refractivity (Wildman–Crippen MR) is 101 cm³/mol. The Hall–Kier alpha value is -2.82. The highest BCUT2D eigenvalue weighted by Crippen LogP contribution is 2.20. The number of halogens is 1. The van der Waals surface area contributed by atoms with Gasteiger partial charge in [-0.3, -0.25) is 4.79 Å². The molecule has 8 heteroatoms. The number of urea groups is 1. The van der Waals surface area contributed by atoms with Crippen LogP contribution in [0.2, 0.25) is 0 Å². The zero-order valence-corrected chi connectivity index (χ0v) is 15.7. The van der Waals surface area contributed by atoms with Gasteiger partial charge in [-0.15, -0.1) is 0 Å². The van der Waals surface area contributed by atoms with Crippen LogP contribution in [0.3, 0.4) is 0 Å². The summed E-state index contributed by atoms with van der Waals surface area (Å²) >= 11 is 0. The maximum atomic E-state index is 13.9. The number of carbonyl (C=O) groups is 2. The monoisotopic (exact) mass is 375 g/mol. The number of hydrogen-bond acceptors (Lipinski definition) is 4. The average molecular weight is 375 g/mol. The van der Waals surface area contributed by atoms with Gasteiger partial charge < -0.3 is 20.4 Å². The molecule has 0 radical (unpaired) electrons. The molecule has 1 atom stereocenters. The SMILES string of the molecule is CC(C)C[C@H](NC(=O)N1CCN(c2ccccc2F)CC1)C(=O)NCC#N. The van der Waals surface area contributed by atoms with E-state index >= 15 is 0 Å². The molecule has 2 rings (SSSR count). The number of rotatable bonds is 6. The van der Waals surface area contributed by atoms with Gasteiger partial charge in [0, 0.05) is 26.2 Å².